The van der Waals surface area contributed by atoms with Crippen LogP contribution in [-0.4, -0.2) is 11.1 Å². The Bertz CT molecular complexity index is 308. The molecule has 3 heteroatoms. The molecule has 0 aromatic carbocycles. The molecule has 0 aliphatic carbocycles. The molecule has 0 aliphatic heterocycles. The van der Waals surface area contributed by atoms with Gasteiger partial charge in [-0.25, -0.2) is 4.79 Å². The molecule has 0 aromatic rings. The number of carbonyl (C=O) groups is 1. The number of hydrogen-bond acceptors (Lipinski definition) is 2. The van der Waals surface area contributed by atoms with Gasteiger partial charge in [-0.3, -0.25) is 0 Å². The van der Waals surface area contributed by atoms with Gasteiger partial charge in [0, 0.05) is 0 Å². The van der Waals surface area contributed by atoms with Gasteiger partial charge in [-0.15, -0.1) is 0 Å². The minimum atomic E-state index is -1.14. The summed E-state index contributed by atoms with van der Waals surface area (Å²) in [6, 6.07) is 1.72. The number of aliphatic carboxylic acids is 1. The maximum Gasteiger partial charge on any atom is 0.346 e. The van der Waals surface area contributed by atoms with Crippen LogP contribution in [0.25, 0.3) is 0 Å². The molecule has 3 nitrogen and oxygen atoms in total. The van der Waals surface area contributed by atoms with Crippen molar-refractivity contribution in [3.8, 4) is 6.07 Å². The first-order chi connectivity index (χ1) is 7.28. The van der Waals surface area contributed by atoms with Crippen molar-refractivity contribution in [3.05, 3.63) is 11.6 Å². The normalized spacial score (nSPS) is 12.6. The Hall–Kier alpha value is -1.30. The Balaban J connectivity index is 4.44. The zero-order valence-electron chi connectivity index (χ0n) is 10.6. The minimum absolute atomic E-state index is 0.158. The van der Waals surface area contributed by atoms with E-state index < -0.39 is 5.97 Å². The minimum Gasteiger partial charge on any atom is -0.477 e. The Morgan fingerprint density at radius 2 is 2.06 bits per heavy atom. The molecule has 0 saturated carbocycles. The summed E-state index contributed by atoms with van der Waals surface area (Å²) in [6.45, 7) is 8.27. The van der Waals surface area contributed by atoms with E-state index in [2.05, 4.69) is 13.8 Å². The number of allylic oxidation sites excluding steroid dienone is 1. The van der Waals surface area contributed by atoms with Crippen LogP contribution < -0.4 is 0 Å². The van der Waals surface area contributed by atoms with Gasteiger partial charge in [-0.1, -0.05) is 46.6 Å². The molecule has 0 amide bonds. The van der Waals surface area contributed by atoms with E-state index >= 15 is 0 Å². The van der Waals surface area contributed by atoms with Crippen LogP contribution in [0.1, 0.15) is 47.0 Å². The van der Waals surface area contributed by atoms with Crippen molar-refractivity contribution in [2.75, 3.05) is 0 Å². The number of carboxylic acids is 1. The van der Waals surface area contributed by atoms with Gasteiger partial charge in [0.05, 0.1) is 0 Å². The van der Waals surface area contributed by atoms with Crippen LogP contribution in [0.2, 0.25) is 0 Å². The van der Waals surface area contributed by atoms with E-state index in [0.29, 0.717) is 5.92 Å². The highest BCUT2D eigenvalue weighted by molar-refractivity contribution is 5.91. The van der Waals surface area contributed by atoms with E-state index in [9.17, 15) is 4.79 Å². The lowest BCUT2D eigenvalue weighted by atomic mass is 9.84. The third-order valence-corrected chi connectivity index (χ3v) is 2.49. The van der Waals surface area contributed by atoms with Crippen molar-refractivity contribution >= 4 is 5.97 Å². The van der Waals surface area contributed by atoms with Gasteiger partial charge in [-0.05, 0) is 17.8 Å². The average Bonchev–Trinajstić information content (AvgIpc) is 2.12. The van der Waals surface area contributed by atoms with Crippen molar-refractivity contribution in [3.63, 3.8) is 0 Å². The highest BCUT2D eigenvalue weighted by Gasteiger charge is 2.18. The molecule has 0 radical (unpaired) electrons. The van der Waals surface area contributed by atoms with Crippen molar-refractivity contribution in [1.29, 1.82) is 5.26 Å². The molecule has 16 heavy (non-hydrogen) atoms. The molecular weight excluding hydrogens is 202 g/mol. The van der Waals surface area contributed by atoms with Crippen molar-refractivity contribution < 1.29 is 9.90 Å². The molecule has 0 aliphatic rings. The Kier molecular flexibility index (Phi) is 5.81. The molecule has 0 spiro atoms. The number of hydrogen-bond donors (Lipinski definition) is 1. The van der Waals surface area contributed by atoms with Gasteiger partial charge in [0.2, 0.25) is 0 Å². The summed E-state index contributed by atoms with van der Waals surface area (Å²) in [7, 11) is 0. The average molecular weight is 223 g/mol. The molecule has 0 heterocycles. The van der Waals surface area contributed by atoms with E-state index in [-0.39, 0.29) is 11.0 Å². The van der Waals surface area contributed by atoms with E-state index in [1.807, 2.05) is 13.8 Å². The Labute approximate surface area is 97.8 Å². The molecular formula is C13H21NO2. The molecule has 90 valence electrons. The first-order valence-electron chi connectivity index (χ1n) is 5.65. The lowest BCUT2D eigenvalue weighted by Gasteiger charge is -2.20. The molecule has 0 rings (SSSR count). The largest absolute Gasteiger partial charge is 0.477 e. The van der Waals surface area contributed by atoms with Gasteiger partial charge < -0.3 is 5.11 Å². The van der Waals surface area contributed by atoms with Gasteiger partial charge in [0.25, 0.3) is 0 Å². The standard InChI is InChI=1S/C13H21NO2/c1-10(2)6-5-7-13(3,4)8-11(9-14)12(15)16/h8,10H,5-7H2,1-4H3,(H,15,16). The molecule has 0 fully saturated rings. The fourth-order valence-corrected chi connectivity index (χ4v) is 1.57. The molecule has 1 N–H and O–H groups in total. The fourth-order valence-electron chi connectivity index (χ4n) is 1.57. The van der Waals surface area contributed by atoms with E-state index in [1.54, 1.807) is 12.1 Å². The molecule has 0 unspecified atom stereocenters. The first-order valence-corrected chi connectivity index (χ1v) is 5.65. The second kappa shape index (κ2) is 6.32. The van der Waals surface area contributed by atoms with E-state index in [0.717, 1.165) is 19.3 Å². The van der Waals surface area contributed by atoms with E-state index in [4.69, 9.17) is 10.4 Å². The molecule has 0 aromatic heterocycles. The molecule has 0 saturated heterocycles. The van der Waals surface area contributed by atoms with Crippen LogP contribution in [0.15, 0.2) is 11.6 Å². The summed E-state index contributed by atoms with van der Waals surface area (Å²) < 4.78 is 0. The summed E-state index contributed by atoms with van der Waals surface area (Å²) in [6.07, 6.45) is 4.66. The Morgan fingerprint density at radius 1 is 1.50 bits per heavy atom. The van der Waals surface area contributed by atoms with Crippen LogP contribution in [0.5, 0.6) is 0 Å². The fraction of sp³-hybridized carbons (Fsp3) is 0.692. The van der Waals surface area contributed by atoms with Crippen LogP contribution in [0, 0.1) is 22.7 Å². The highest BCUT2D eigenvalue weighted by Crippen LogP contribution is 2.27. The van der Waals surface area contributed by atoms with Gasteiger partial charge in [0.1, 0.15) is 11.6 Å². The lowest BCUT2D eigenvalue weighted by molar-refractivity contribution is -0.132. The Morgan fingerprint density at radius 3 is 2.44 bits per heavy atom. The van der Waals surface area contributed by atoms with Gasteiger partial charge in [0.15, 0.2) is 0 Å². The van der Waals surface area contributed by atoms with Crippen LogP contribution in [-0.2, 0) is 4.79 Å². The van der Waals surface area contributed by atoms with Crippen molar-refractivity contribution in [1.82, 2.24) is 0 Å². The smallest absolute Gasteiger partial charge is 0.346 e. The lowest BCUT2D eigenvalue weighted by Crippen LogP contribution is -2.11. The topological polar surface area (TPSA) is 61.1 Å². The van der Waals surface area contributed by atoms with Crippen LogP contribution in [0.3, 0.4) is 0 Å². The zero-order valence-corrected chi connectivity index (χ0v) is 10.6. The number of rotatable bonds is 6. The number of nitriles is 1. The van der Waals surface area contributed by atoms with Crippen LogP contribution in [0.4, 0.5) is 0 Å². The zero-order chi connectivity index (χ0) is 12.8. The van der Waals surface area contributed by atoms with E-state index in [1.165, 1.54) is 0 Å². The first kappa shape index (κ1) is 14.7. The summed E-state index contributed by atoms with van der Waals surface area (Å²) in [5.41, 5.74) is -0.382. The SMILES string of the molecule is CC(C)CCCC(C)(C)C=C(C#N)C(=O)O. The predicted octanol–water partition coefficient (Wildman–Crippen LogP) is 3.37. The quantitative estimate of drug-likeness (QED) is 0.554. The summed E-state index contributed by atoms with van der Waals surface area (Å²) in [4.78, 5) is 10.7. The monoisotopic (exact) mass is 223 g/mol. The molecule has 0 atom stereocenters. The number of nitrogens with zero attached hydrogens (tertiary/aromatic N) is 1. The summed E-state index contributed by atoms with van der Waals surface area (Å²) >= 11 is 0. The highest BCUT2D eigenvalue weighted by atomic mass is 16.4. The number of carboxylic acid groups (broad SMARTS) is 1. The van der Waals surface area contributed by atoms with Gasteiger partial charge in [-0.2, -0.15) is 5.26 Å². The molecule has 0 bridgehead atoms. The third-order valence-electron chi connectivity index (χ3n) is 2.49. The summed E-state index contributed by atoms with van der Waals surface area (Å²) in [5, 5.41) is 17.4. The third kappa shape index (κ3) is 6.23. The maximum atomic E-state index is 10.7. The van der Waals surface area contributed by atoms with Crippen molar-refractivity contribution in [2.45, 2.75) is 47.0 Å². The van der Waals surface area contributed by atoms with Crippen molar-refractivity contribution in [2.24, 2.45) is 11.3 Å². The predicted molar refractivity (Wildman–Crippen MR) is 63.8 cm³/mol. The second-order valence-electron chi connectivity index (χ2n) is 5.25. The second-order valence-corrected chi connectivity index (χ2v) is 5.25. The summed E-state index contributed by atoms with van der Waals surface area (Å²) in [5.74, 6) is -0.478. The van der Waals surface area contributed by atoms with Gasteiger partial charge >= 0.3 is 5.97 Å². The van der Waals surface area contributed by atoms with Crippen LogP contribution >= 0.6 is 0 Å². The maximum absolute atomic E-state index is 10.7.